The zero-order valence-corrected chi connectivity index (χ0v) is 22.1. The predicted octanol–water partition coefficient (Wildman–Crippen LogP) is 3.44. The number of hydrogen-bond donors (Lipinski definition) is 3. The monoisotopic (exact) mass is 555 g/mol. The quantitative estimate of drug-likeness (QED) is 0.292. The van der Waals surface area contributed by atoms with E-state index < -0.39 is 47.2 Å². The number of benzene rings is 2. The van der Waals surface area contributed by atoms with Crippen LogP contribution >= 0.6 is 0 Å². The van der Waals surface area contributed by atoms with Crippen LogP contribution in [0.3, 0.4) is 0 Å². The number of aromatic carboxylic acids is 1. The lowest BCUT2D eigenvalue weighted by atomic mass is 9.59. The summed E-state index contributed by atoms with van der Waals surface area (Å²) in [6, 6.07) is 8.18. The number of ether oxygens (including phenoxy) is 1. The van der Waals surface area contributed by atoms with Crippen LogP contribution in [0.25, 0.3) is 0 Å². The van der Waals surface area contributed by atoms with Gasteiger partial charge >= 0.3 is 5.97 Å². The number of hydrogen-bond acceptors (Lipinski definition) is 8. The zero-order valence-electron chi connectivity index (χ0n) is 22.1. The van der Waals surface area contributed by atoms with Crippen LogP contribution < -0.4 is 9.64 Å². The number of anilines is 1. The highest BCUT2D eigenvalue weighted by Gasteiger charge is 2.57. The van der Waals surface area contributed by atoms with Crippen LogP contribution in [0.4, 0.5) is 5.69 Å². The molecule has 3 N–H and O–H groups in total. The number of aromatic hydroxyl groups is 2. The van der Waals surface area contributed by atoms with Crippen molar-refractivity contribution in [2.75, 3.05) is 12.0 Å². The number of phenols is 2. The van der Waals surface area contributed by atoms with E-state index >= 15 is 0 Å². The number of carbonyl (C=O) groups excluding carboxylic acids is 4. The molecule has 0 spiro atoms. The fourth-order valence-corrected chi connectivity index (χ4v) is 6.79. The first-order valence-corrected chi connectivity index (χ1v) is 13.0. The third kappa shape index (κ3) is 3.74. The summed E-state index contributed by atoms with van der Waals surface area (Å²) in [5, 5.41) is 30.5. The van der Waals surface area contributed by atoms with Gasteiger partial charge < -0.3 is 20.1 Å². The molecule has 3 aliphatic carbocycles. The molecule has 4 aliphatic rings. The second kappa shape index (κ2) is 9.29. The van der Waals surface area contributed by atoms with Gasteiger partial charge in [-0.25, -0.2) is 9.69 Å². The van der Waals surface area contributed by atoms with Gasteiger partial charge in [-0.05, 0) is 56.0 Å². The van der Waals surface area contributed by atoms with Crippen LogP contribution in [0.15, 0.2) is 70.8 Å². The minimum atomic E-state index is -1.36. The number of carbonyl (C=O) groups is 5. The number of methoxy groups -OCH3 is 1. The van der Waals surface area contributed by atoms with Gasteiger partial charge in [0.05, 0.1) is 24.6 Å². The summed E-state index contributed by atoms with van der Waals surface area (Å²) in [5.41, 5.74) is 1.35. The average Bonchev–Trinajstić information content (AvgIpc) is 3.20. The average molecular weight is 556 g/mol. The summed E-state index contributed by atoms with van der Waals surface area (Å²) in [7, 11) is 1.43. The molecule has 2 aromatic rings. The topological polar surface area (TPSA) is 159 Å². The fraction of sp³-hybridized carbons (Fsp3) is 0.258. The fourth-order valence-electron chi connectivity index (χ4n) is 6.79. The molecule has 2 aromatic carbocycles. The Kier molecular flexibility index (Phi) is 5.95. The molecule has 1 heterocycles. The van der Waals surface area contributed by atoms with Crippen LogP contribution in [0.1, 0.15) is 41.6 Å². The van der Waals surface area contributed by atoms with E-state index in [2.05, 4.69) is 0 Å². The van der Waals surface area contributed by atoms with E-state index in [0.29, 0.717) is 16.9 Å². The van der Waals surface area contributed by atoms with Gasteiger partial charge in [0.1, 0.15) is 22.8 Å². The van der Waals surface area contributed by atoms with Crippen molar-refractivity contribution >= 4 is 35.0 Å². The van der Waals surface area contributed by atoms with E-state index in [1.807, 2.05) is 6.08 Å². The van der Waals surface area contributed by atoms with E-state index in [-0.39, 0.29) is 58.1 Å². The van der Waals surface area contributed by atoms with Crippen molar-refractivity contribution in [2.45, 2.75) is 25.7 Å². The van der Waals surface area contributed by atoms with E-state index in [9.17, 15) is 39.3 Å². The van der Waals surface area contributed by atoms with Crippen molar-refractivity contribution in [3.05, 3.63) is 82.0 Å². The first kappa shape index (κ1) is 26.2. The highest BCUT2D eigenvalue weighted by atomic mass is 16.5. The van der Waals surface area contributed by atoms with E-state index in [1.165, 1.54) is 25.3 Å². The standard InChI is InChI=1S/C31H25NO9/c1-13-10-21(34)19-12-18-15(25(26(19)28(13)36)27-20(33)4-3-5-23(27)41-2)8-9-17-24(18)30(38)32(29(17)37)14-6-7-16(31(39)40)22(35)11-14/h3-8,10-11,17-18,24-25,33,35H,9,12H2,1-2H3,(H,39,40). The Hall–Kier alpha value is -4.99. The Morgan fingerprint density at radius 2 is 1.76 bits per heavy atom. The lowest BCUT2D eigenvalue weighted by Crippen LogP contribution is -2.40. The van der Waals surface area contributed by atoms with Gasteiger partial charge in [-0.2, -0.15) is 0 Å². The normalized spacial score (nSPS) is 25.4. The SMILES string of the molecule is COc1cccc(O)c1C1C2=CCC3C(=O)N(c4ccc(C(=O)O)c(O)c4)C(=O)C3C2CC2=C1C(=O)C(C)=CC2=O. The summed E-state index contributed by atoms with van der Waals surface area (Å²) < 4.78 is 5.55. The molecule has 41 heavy (non-hydrogen) atoms. The van der Waals surface area contributed by atoms with E-state index in [4.69, 9.17) is 4.74 Å². The van der Waals surface area contributed by atoms with Crippen molar-refractivity contribution in [1.29, 1.82) is 0 Å². The number of carboxylic acids is 1. The van der Waals surface area contributed by atoms with Gasteiger partial charge in [0.25, 0.3) is 0 Å². The summed E-state index contributed by atoms with van der Waals surface area (Å²) in [6.45, 7) is 1.56. The number of imide groups is 1. The number of amides is 2. The number of phenolic OH excluding ortho intramolecular Hbond substituents is 1. The van der Waals surface area contributed by atoms with E-state index in [1.54, 1.807) is 19.1 Å². The molecule has 2 amide bonds. The third-order valence-electron chi connectivity index (χ3n) is 8.59. The lowest BCUT2D eigenvalue weighted by molar-refractivity contribution is -0.123. The molecule has 4 unspecified atom stereocenters. The molecule has 1 fully saturated rings. The van der Waals surface area contributed by atoms with Crippen LogP contribution in [-0.4, -0.2) is 51.8 Å². The molecular weight excluding hydrogens is 530 g/mol. The zero-order chi connectivity index (χ0) is 29.3. The molecule has 208 valence electrons. The smallest absolute Gasteiger partial charge is 0.339 e. The Balaban J connectivity index is 1.49. The molecule has 0 radical (unpaired) electrons. The van der Waals surface area contributed by atoms with Crippen molar-refractivity contribution in [3.63, 3.8) is 0 Å². The first-order chi connectivity index (χ1) is 19.5. The number of nitrogens with zero attached hydrogens (tertiary/aromatic N) is 1. The summed E-state index contributed by atoms with van der Waals surface area (Å²) in [5.74, 6) is -6.69. The van der Waals surface area contributed by atoms with Crippen molar-refractivity contribution < 1.29 is 44.0 Å². The molecule has 1 saturated heterocycles. The van der Waals surface area contributed by atoms with Crippen molar-refractivity contribution in [2.24, 2.45) is 17.8 Å². The second-order valence-corrected chi connectivity index (χ2v) is 10.6. The lowest BCUT2D eigenvalue weighted by Gasteiger charge is -2.42. The molecular formula is C31H25NO9. The maximum atomic E-state index is 14.0. The molecule has 10 nitrogen and oxygen atoms in total. The highest BCUT2D eigenvalue weighted by Crippen LogP contribution is 2.57. The van der Waals surface area contributed by atoms with Crippen LogP contribution in [0.2, 0.25) is 0 Å². The van der Waals surface area contributed by atoms with E-state index in [0.717, 1.165) is 17.0 Å². The summed E-state index contributed by atoms with van der Waals surface area (Å²) in [6.07, 6.45) is 3.31. The van der Waals surface area contributed by atoms with Crippen LogP contribution in [0, 0.1) is 17.8 Å². The maximum Gasteiger partial charge on any atom is 0.339 e. The van der Waals surface area contributed by atoms with Gasteiger partial charge in [0.15, 0.2) is 11.6 Å². The number of rotatable bonds is 4. The second-order valence-electron chi connectivity index (χ2n) is 10.6. The molecule has 4 atom stereocenters. The Morgan fingerprint density at radius 1 is 1.00 bits per heavy atom. The maximum absolute atomic E-state index is 14.0. The van der Waals surface area contributed by atoms with Crippen molar-refractivity contribution in [1.82, 2.24) is 0 Å². The Bertz CT molecular complexity index is 1690. The highest BCUT2D eigenvalue weighted by molar-refractivity contribution is 6.25. The number of Topliss-reactive ketones (excluding diaryl/α,β-unsaturated/α-hetero) is 1. The summed E-state index contributed by atoms with van der Waals surface area (Å²) in [4.78, 5) is 66.7. The van der Waals surface area contributed by atoms with Crippen LogP contribution in [0.5, 0.6) is 17.2 Å². The molecule has 0 aromatic heterocycles. The van der Waals surface area contributed by atoms with Crippen molar-refractivity contribution in [3.8, 4) is 17.2 Å². The van der Waals surface area contributed by atoms with Gasteiger partial charge in [0, 0.05) is 34.3 Å². The third-order valence-corrected chi connectivity index (χ3v) is 8.59. The first-order valence-electron chi connectivity index (χ1n) is 13.0. The molecule has 0 saturated carbocycles. The molecule has 1 aliphatic heterocycles. The number of allylic oxidation sites excluding steroid dienone is 6. The molecule has 10 heteroatoms. The largest absolute Gasteiger partial charge is 0.507 e. The van der Waals surface area contributed by atoms with Crippen LogP contribution in [-0.2, 0) is 19.2 Å². The van der Waals surface area contributed by atoms with Gasteiger partial charge in [-0.3, -0.25) is 19.2 Å². The Labute approximate surface area is 233 Å². The number of carboxylic acid groups (broad SMARTS) is 1. The minimum Gasteiger partial charge on any atom is -0.507 e. The van der Waals surface area contributed by atoms with Gasteiger partial charge in [-0.1, -0.05) is 17.7 Å². The molecule has 0 bridgehead atoms. The van der Waals surface area contributed by atoms with Gasteiger partial charge in [-0.15, -0.1) is 0 Å². The minimum absolute atomic E-state index is 0.0376. The molecule has 6 rings (SSSR count). The number of fused-ring (bicyclic) bond motifs is 3. The van der Waals surface area contributed by atoms with Gasteiger partial charge in [0.2, 0.25) is 11.8 Å². The summed E-state index contributed by atoms with van der Waals surface area (Å²) >= 11 is 0. The Morgan fingerprint density at radius 3 is 2.44 bits per heavy atom. The number of ketones is 2. The predicted molar refractivity (Wildman–Crippen MR) is 144 cm³/mol.